The van der Waals surface area contributed by atoms with Crippen molar-refractivity contribution in [1.29, 1.82) is 0 Å². The van der Waals surface area contributed by atoms with Crippen molar-refractivity contribution in [2.75, 3.05) is 0 Å². The Morgan fingerprint density at radius 2 is 1.67 bits per heavy atom. The molecule has 1 aliphatic carbocycles. The van der Waals surface area contributed by atoms with Crippen molar-refractivity contribution in [1.82, 2.24) is 0 Å². The maximum Gasteiger partial charge on any atom is 0.133 e. The predicted molar refractivity (Wildman–Crippen MR) is 50.9 cm³/mol. The van der Waals surface area contributed by atoms with E-state index in [1.165, 1.54) is 0 Å². The van der Waals surface area contributed by atoms with Gasteiger partial charge in [0.1, 0.15) is 5.78 Å². The molecule has 2 unspecified atom stereocenters. The average molecular weight is 168 g/mol. The zero-order chi connectivity index (χ0) is 9.73. The first-order chi connectivity index (χ1) is 5.19. The predicted octanol–water partition coefficient (Wildman–Crippen LogP) is 2.89. The number of Topliss-reactive ketones (excluding diaryl/α,β-unsaturated/α-hetero) is 1. The molecule has 1 fully saturated rings. The normalized spacial score (nSPS) is 33.2. The van der Waals surface area contributed by atoms with Gasteiger partial charge in [-0.05, 0) is 23.7 Å². The Bertz CT molecular complexity index is 208. The molecule has 0 bridgehead atoms. The third-order valence-electron chi connectivity index (χ3n) is 3.20. The summed E-state index contributed by atoms with van der Waals surface area (Å²) in [7, 11) is 0. The smallest absolute Gasteiger partial charge is 0.133 e. The van der Waals surface area contributed by atoms with Crippen LogP contribution < -0.4 is 0 Å². The van der Waals surface area contributed by atoms with Gasteiger partial charge < -0.3 is 0 Å². The largest absolute Gasteiger partial charge is 0.300 e. The van der Waals surface area contributed by atoms with E-state index in [-0.39, 0.29) is 10.8 Å². The molecule has 0 saturated heterocycles. The van der Waals surface area contributed by atoms with Gasteiger partial charge in [-0.1, -0.05) is 34.6 Å². The van der Waals surface area contributed by atoms with E-state index >= 15 is 0 Å². The number of rotatable bonds is 1. The van der Waals surface area contributed by atoms with Crippen molar-refractivity contribution in [3.63, 3.8) is 0 Å². The second-order valence-electron chi connectivity index (χ2n) is 5.75. The summed E-state index contributed by atoms with van der Waals surface area (Å²) in [6.45, 7) is 12.8. The van der Waals surface area contributed by atoms with Crippen LogP contribution in [0.25, 0.3) is 0 Å². The maximum atomic E-state index is 11.3. The van der Waals surface area contributed by atoms with Crippen LogP contribution in [0.15, 0.2) is 0 Å². The van der Waals surface area contributed by atoms with Crippen molar-refractivity contribution < 1.29 is 4.79 Å². The van der Waals surface area contributed by atoms with Crippen LogP contribution in [0.1, 0.15) is 41.5 Å². The van der Waals surface area contributed by atoms with E-state index in [9.17, 15) is 4.79 Å². The Morgan fingerprint density at radius 1 is 1.25 bits per heavy atom. The molecular formula is C11H20O. The highest BCUT2D eigenvalue weighted by molar-refractivity contribution is 5.83. The standard InChI is InChI=1S/C11H20O/c1-7(12)8-9(10(2,3)4)11(8,5)6/h8-9H,1-6H3. The Morgan fingerprint density at radius 3 is 1.75 bits per heavy atom. The van der Waals surface area contributed by atoms with Crippen LogP contribution in [0.5, 0.6) is 0 Å². The molecule has 1 heteroatoms. The molecule has 0 amide bonds. The lowest BCUT2D eigenvalue weighted by Crippen LogP contribution is -2.13. The van der Waals surface area contributed by atoms with E-state index in [2.05, 4.69) is 34.6 Å². The minimum atomic E-state index is 0.240. The zero-order valence-corrected chi connectivity index (χ0v) is 9.06. The monoisotopic (exact) mass is 168 g/mol. The topological polar surface area (TPSA) is 17.1 Å². The summed E-state index contributed by atoms with van der Waals surface area (Å²) < 4.78 is 0. The first-order valence-corrected chi connectivity index (χ1v) is 4.69. The van der Waals surface area contributed by atoms with E-state index in [1.807, 2.05) is 0 Å². The molecule has 1 saturated carbocycles. The summed E-state index contributed by atoms with van der Waals surface area (Å²) in [5, 5.41) is 0. The van der Waals surface area contributed by atoms with Gasteiger partial charge in [0.2, 0.25) is 0 Å². The fourth-order valence-corrected chi connectivity index (χ4v) is 3.01. The fraction of sp³-hybridized carbons (Fsp3) is 0.909. The van der Waals surface area contributed by atoms with Gasteiger partial charge in [0.05, 0.1) is 0 Å². The maximum absolute atomic E-state index is 11.3. The molecule has 0 aliphatic heterocycles. The number of carbonyl (C=O) groups is 1. The van der Waals surface area contributed by atoms with Crippen molar-refractivity contribution in [3.8, 4) is 0 Å². The fourth-order valence-electron chi connectivity index (χ4n) is 3.01. The van der Waals surface area contributed by atoms with Crippen LogP contribution in [0.4, 0.5) is 0 Å². The van der Waals surface area contributed by atoms with Crippen LogP contribution in [0, 0.1) is 22.7 Å². The lowest BCUT2D eigenvalue weighted by molar-refractivity contribution is -0.119. The van der Waals surface area contributed by atoms with Crippen molar-refractivity contribution in [2.24, 2.45) is 22.7 Å². The first kappa shape index (κ1) is 9.76. The van der Waals surface area contributed by atoms with Gasteiger partial charge in [0, 0.05) is 5.92 Å². The molecule has 12 heavy (non-hydrogen) atoms. The van der Waals surface area contributed by atoms with E-state index in [0.717, 1.165) is 0 Å². The minimum Gasteiger partial charge on any atom is -0.300 e. The van der Waals surface area contributed by atoms with Gasteiger partial charge in [-0.15, -0.1) is 0 Å². The third kappa shape index (κ3) is 1.30. The van der Waals surface area contributed by atoms with Gasteiger partial charge in [-0.2, -0.15) is 0 Å². The summed E-state index contributed by atoms with van der Waals surface area (Å²) in [5.74, 6) is 1.24. The lowest BCUT2D eigenvalue weighted by atomic mass is 9.85. The molecule has 0 aromatic carbocycles. The van der Waals surface area contributed by atoms with Crippen LogP contribution in [0.2, 0.25) is 0 Å². The highest BCUT2D eigenvalue weighted by atomic mass is 16.1. The molecule has 1 nitrogen and oxygen atoms in total. The molecule has 0 aromatic heterocycles. The molecule has 1 rings (SSSR count). The van der Waals surface area contributed by atoms with E-state index in [0.29, 0.717) is 17.6 Å². The van der Waals surface area contributed by atoms with Crippen molar-refractivity contribution in [2.45, 2.75) is 41.5 Å². The second kappa shape index (κ2) is 2.34. The second-order valence-corrected chi connectivity index (χ2v) is 5.75. The van der Waals surface area contributed by atoms with Crippen molar-refractivity contribution >= 4 is 5.78 Å². The Labute approximate surface area is 75.5 Å². The first-order valence-electron chi connectivity index (χ1n) is 4.69. The molecule has 70 valence electrons. The average Bonchev–Trinajstić information content (AvgIpc) is 2.31. The molecule has 0 spiro atoms. The highest BCUT2D eigenvalue weighted by Crippen LogP contribution is 2.65. The van der Waals surface area contributed by atoms with E-state index in [4.69, 9.17) is 0 Å². The van der Waals surface area contributed by atoms with Gasteiger partial charge in [-0.25, -0.2) is 0 Å². The molecule has 0 N–H and O–H groups in total. The Kier molecular flexibility index (Phi) is 1.90. The Balaban J connectivity index is 2.80. The molecule has 0 aromatic rings. The molecular weight excluding hydrogens is 148 g/mol. The van der Waals surface area contributed by atoms with Gasteiger partial charge in [-0.3, -0.25) is 4.79 Å². The van der Waals surface area contributed by atoms with Crippen LogP contribution in [0.3, 0.4) is 0 Å². The van der Waals surface area contributed by atoms with Crippen LogP contribution in [-0.4, -0.2) is 5.78 Å². The highest BCUT2D eigenvalue weighted by Gasteiger charge is 2.64. The van der Waals surface area contributed by atoms with Gasteiger partial charge >= 0.3 is 0 Å². The number of hydrogen-bond donors (Lipinski definition) is 0. The lowest BCUT2D eigenvalue weighted by Gasteiger charge is -2.19. The van der Waals surface area contributed by atoms with Gasteiger partial charge in [0.15, 0.2) is 0 Å². The summed E-state index contributed by atoms with van der Waals surface area (Å²) in [5.41, 5.74) is 0.518. The summed E-state index contributed by atoms with van der Waals surface area (Å²) in [4.78, 5) is 11.3. The summed E-state index contributed by atoms with van der Waals surface area (Å²) >= 11 is 0. The summed E-state index contributed by atoms with van der Waals surface area (Å²) in [6.07, 6.45) is 0. The quantitative estimate of drug-likeness (QED) is 0.588. The van der Waals surface area contributed by atoms with Crippen LogP contribution in [-0.2, 0) is 4.79 Å². The summed E-state index contributed by atoms with van der Waals surface area (Å²) in [6, 6.07) is 0. The zero-order valence-electron chi connectivity index (χ0n) is 9.06. The Hall–Kier alpha value is -0.330. The molecule has 1 aliphatic rings. The number of carbonyl (C=O) groups excluding carboxylic acids is 1. The third-order valence-corrected chi connectivity index (χ3v) is 3.20. The van der Waals surface area contributed by atoms with Crippen LogP contribution >= 0.6 is 0 Å². The molecule has 0 heterocycles. The molecule has 2 atom stereocenters. The number of ketones is 1. The SMILES string of the molecule is CC(=O)C1C(C(C)(C)C)C1(C)C. The van der Waals surface area contributed by atoms with E-state index < -0.39 is 0 Å². The van der Waals surface area contributed by atoms with E-state index in [1.54, 1.807) is 6.92 Å². The number of hydrogen-bond acceptors (Lipinski definition) is 1. The molecule has 0 radical (unpaired) electrons. The minimum absolute atomic E-state index is 0.240. The van der Waals surface area contributed by atoms with Crippen molar-refractivity contribution in [3.05, 3.63) is 0 Å². The van der Waals surface area contributed by atoms with Gasteiger partial charge in [0.25, 0.3) is 0 Å².